The maximum Gasteiger partial charge on any atom is 0.224 e. The van der Waals surface area contributed by atoms with Gasteiger partial charge in [-0.25, -0.2) is 0 Å². The quantitative estimate of drug-likeness (QED) is 0.885. The second kappa shape index (κ2) is 7.48. The topological polar surface area (TPSA) is 38.3 Å². The van der Waals surface area contributed by atoms with Crippen LogP contribution in [0, 0.1) is 6.92 Å². The number of carbonyl (C=O) groups is 1. The van der Waals surface area contributed by atoms with Gasteiger partial charge in [-0.15, -0.1) is 0 Å². The first-order valence-corrected chi connectivity index (χ1v) is 7.12. The molecular weight excluding hydrogens is 262 g/mol. The van der Waals surface area contributed by atoms with Gasteiger partial charge in [0.05, 0.1) is 13.5 Å². The van der Waals surface area contributed by atoms with Gasteiger partial charge in [0.25, 0.3) is 0 Å². The van der Waals surface area contributed by atoms with E-state index in [0.717, 1.165) is 17.7 Å². The molecule has 0 aromatic heterocycles. The van der Waals surface area contributed by atoms with Crippen molar-refractivity contribution in [2.24, 2.45) is 0 Å². The molecule has 0 saturated heterocycles. The molecule has 21 heavy (non-hydrogen) atoms. The Bertz CT molecular complexity index is 590. The van der Waals surface area contributed by atoms with Gasteiger partial charge in [-0.3, -0.25) is 4.79 Å². The third-order valence-electron chi connectivity index (χ3n) is 3.34. The summed E-state index contributed by atoms with van der Waals surface area (Å²) in [6.07, 6.45) is 1.26. The number of methoxy groups -OCH3 is 1. The zero-order chi connectivity index (χ0) is 15.1. The normalized spacial score (nSPS) is 10.2. The van der Waals surface area contributed by atoms with Crippen LogP contribution in [-0.2, 0) is 17.6 Å². The van der Waals surface area contributed by atoms with Crippen LogP contribution in [0.4, 0.5) is 0 Å². The molecule has 0 heterocycles. The van der Waals surface area contributed by atoms with E-state index >= 15 is 0 Å². The first-order chi connectivity index (χ1) is 10.2. The number of aryl methyl sites for hydroxylation is 1. The van der Waals surface area contributed by atoms with E-state index in [0.29, 0.717) is 13.0 Å². The lowest BCUT2D eigenvalue weighted by molar-refractivity contribution is -0.120. The molecule has 2 rings (SSSR count). The molecule has 0 radical (unpaired) electrons. The number of ether oxygens (including phenoxy) is 1. The number of carbonyl (C=O) groups excluding carboxylic acids is 1. The van der Waals surface area contributed by atoms with Crippen LogP contribution in [0.25, 0.3) is 0 Å². The van der Waals surface area contributed by atoms with Crippen LogP contribution in [0.3, 0.4) is 0 Å². The van der Waals surface area contributed by atoms with Crippen molar-refractivity contribution < 1.29 is 9.53 Å². The summed E-state index contributed by atoms with van der Waals surface area (Å²) in [5, 5.41) is 2.96. The summed E-state index contributed by atoms with van der Waals surface area (Å²) in [5.74, 6) is 0.913. The molecule has 0 aliphatic heterocycles. The lowest BCUT2D eigenvalue weighted by atomic mass is 10.1. The Balaban J connectivity index is 1.76. The molecule has 0 saturated carbocycles. The summed E-state index contributed by atoms with van der Waals surface area (Å²) in [7, 11) is 1.65. The number of hydrogen-bond acceptors (Lipinski definition) is 2. The molecule has 110 valence electrons. The molecule has 0 bridgehead atoms. The summed E-state index contributed by atoms with van der Waals surface area (Å²) < 4.78 is 5.12. The van der Waals surface area contributed by atoms with Crippen molar-refractivity contribution in [2.75, 3.05) is 13.7 Å². The smallest absolute Gasteiger partial charge is 0.224 e. The summed E-state index contributed by atoms with van der Waals surface area (Å²) in [6.45, 7) is 2.68. The van der Waals surface area contributed by atoms with Crippen molar-refractivity contribution in [1.82, 2.24) is 5.32 Å². The molecule has 0 fully saturated rings. The largest absolute Gasteiger partial charge is 0.497 e. The van der Waals surface area contributed by atoms with Gasteiger partial charge >= 0.3 is 0 Å². The highest BCUT2D eigenvalue weighted by Gasteiger charge is 2.03. The van der Waals surface area contributed by atoms with Crippen molar-refractivity contribution >= 4 is 5.91 Å². The number of rotatable bonds is 6. The van der Waals surface area contributed by atoms with Gasteiger partial charge in [0.2, 0.25) is 5.91 Å². The van der Waals surface area contributed by atoms with Crippen LogP contribution in [0.1, 0.15) is 16.7 Å². The van der Waals surface area contributed by atoms with Crippen molar-refractivity contribution in [3.8, 4) is 5.75 Å². The van der Waals surface area contributed by atoms with E-state index in [1.54, 1.807) is 7.11 Å². The highest BCUT2D eigenvalue weighted by molar-refractivity contribution is 5.78. The molecule has 0 unspecified atom stereocenters. The summed E-state index contributed by atoms with van der Waals surface area (Å²) in [4.78, 5) is 11.9. The number of amides is 1. The Morgan fingerprint density at radius 2 is 1.86 bits per heavy atom. The van der Waals surface area contributed by atoms with Crippen LogP contribution in [0.5, 0.6) is 5.75 Å². The van der Waals surface area contributed by atoms with E-state index in [1.807, 2.05) is 55.5 Å². The third-order valence-corrected chi connectivity index (χ3v) is 3.34. The van der Waals surface area contributed by atoms with E-state index in [2.05, 4.69) is 5.32 Å². The molecule has 0 aliphatic rings. The first kappa shape index (κ1) is 15.1. The Hall–Kier alpha value is -2.29. The molecule has 0 atom stereocenters. The van der Waals surface area contributed by atoms with Gasteiger partial charge in [-0.2, -0.15) is 0 Å². The third kappa shape index (κ3) is 4.95. The van der Waals surface area contributed by atoms with E-state index < -0.39 is 0 Å². The van der Waals surface area contributed by atoms with E-state index in [4.69, 9.17) is 4.74 Å². The Labute approximate surface area is 126 Å². The van der Waals surface area contributed by atoms with Crippen molar-refractivity contribution in [3.63, 3.8) is 0 Å². The summed E-state index contributed by atoms with van der Waals surface area (Å²) >= 11 is 0. The van der Waals surface area contributed by atoms with Gasteiger partial charge in [-0.1, -0.05) is 42.0 Å². The molecule has 2 aromatic rings. The van der Waals surface area contributed by atoms with Crippen LogP contribution in [0.2, 0.25) is 0 Å². The van der Waals surface area contributed by atoms with E-state index in [-0.39, 0.29) is 5.91 Å². The minimum Gasteiger partial charge on any atom is -0.497 e. The second-order valence-electron chi connectivity index (χ2n) is 5.11. The number of hydrogen-bond donors (Lipinski definition) is 1. The lowest BCUT2D eigenvalue weighted by Crippen LogP contribution is -2.27. The van der Waals surface area contributed by atoms with Gasteiger partial charge in [0.15, 0.2) is 0 Å². The average Bonchev–Trinajstić information content (AvgIpc) is 2.48. The Morgan fingerprint density at radius 1 is 1.10 bits per heavy atom. The molecular formula is C18H21NO2. The zero-order valence-electron chi connectivity index (χ0n) is 12.6. The molecule has 2 aromatic carbocycles. The highest BCUT2D eigenvalue weighted by Crippen LogP contribution is 2.11. The van der Waals surface area contributed by atoms with E-state index in [9.17, 15) is 4.79 Å². The predicted octanol–water partition coefficient (Wildman–Crippen LogP) is 2.91. The number of nitrogens with one attached hydrogen (secondary N) is 1. The molecule has 3 nitrogen and oxygen atoms in total. The zero-order valence-corrected chi connectivity index (χ0v) is 12.6. The van der Waals surface area contributed by atoms with Gasteiger partial charge in [0.1, 0.15) is 5.75 Å². The molecule has 0 aliphatic carbocycles. The average molecular weight is 283 g/mol. The summed E-state index contributed by atoms with van der Waals surface area (Å²) in [5.41, 5.74) is 3.42. The van der Waals surface area contributed by atoms with E-state index in [1.165, 1.54) is 11.1 Å². The molecule has 1 N–H and O–H groups in total. The first-order valence-electron chi connectivity index (χ1n) is 7.12. The van der Waals surface area contributed by atoms with Crippen LogP contribution >= 0.6 is 0 Å². The highest BCUT2D eigenvalue weighted by atomic mass is 16.5. The molecule has 0 spiro atoms. The predicted molar refractivity (Wildman–Crippen MR) is 84.6 cm³/mol. The number of benzene rings is 2. The van der Waals surface area contributed by atoms with Gasteiger partial charge in [0, 0.05) is 6.54 Å². The van der Waals surface area contributed by atoms with Crippen LogP contribution < -0.4 is 10.1 Å². The maximum absolute atomic E-state index is 11.9. The minimum absolute atomic E-state index is 0.0640. The van der Waals surface area contributed by atoms with Crippen molar-refractivity contribution in [3.05, 3.63) is 65.2 Å². The second-order valence-corrected chi connectivity index (χ2v) is 5.11. The fourth-order valence-electron chi connectivity index (χ4n) is 2.21. The van der Waals surface area contributed by atoms with Gasteiger partial charge < -0.3 is 10.1 Å². The SMILES string of the molecule is COc1ccc(CCNC(=O)Cc2cccc(C)c2)cc1. The molecule has 3 heteroatoms. The molecule has 1 amide bonds. The minimum atomic E-state index is 0.0640. The standard InChI is InChI=1S/C18H21NO2/c1-14-4-3-5-16(12-14)13-18(20)19-11-10-15-6-8-17(21-2)9-7-15/h3-9,12H,10-11,13H2,1-2H3,(H,19,20). The Morgan fingerprint density at radius 3 is 2.52 bits per heavy atom. The van der Waals surface area contributed by atoms with Gasteiger partial charge in [-0.05, 0) is 36.6 Å². The fourth-order valence-corrected chi connectivity index (χ4v) is 2.21. The van der Waals surface area contributed by atoms with Crippen LogP contribution in [-0.4, -0.2) is 19.6 Å². The van der Waals surface area contributed by atoms with Crippen LogP contribution in [0.15, 0.2) is 48.5 Å². The summed E-state index contributed by atoms with van der Waals surface area (Å²) in [6, 6.07) is 15.9. The Kier molecular flexibility index (Phi) is 5.38. The lowest BCUT2D eigenvalue weighted by Gasteiger charge is -2.07. The maximum atomic E-state index is 11.9. The fraction of sp³-hybridized carbons (Fsp3) is 0.278. The van der Waals surface area contributed by atoms with Crippen molar-refractivity contribution in [1.29, 1.82) is 0 Å². The van der Waals surface area contributed by atoms with Crippen molar-refractivity contribution in [2.45, 2.75) is 19.8 Å². The monoisotopic (exact) mass is 283 g/mol.